The minimum Gasteiger partial charge on any atom is -0.373 e. The van der Waals surface area contributed by atoms with Crippen LogP contribution in [0.15, 0.2) is 33.1 Å². The zero-order valence-corrected chi connectivity index (χ0v) is 21.0. The monoisotopic (exact) mass is 473 g/mol. The van der Waals surface area contributed by atoms with Gasteiger partial charge in [0, 0.05) is 49.1 Å². The molecule has 0 spiro atoms. The van der Waals surface area contributed by atoms with Gasteiger partial charge in [-0.3, -0.25) is 18.8 Å². The highest BCUT2D eigenvalue weighted by Crippen LogP contribution is 2.37. The Hall–Kier alpha value is -1.99. The summed E-state index contributed by atoms with van der Waals surface area (Å²) in [5, 5.41) is 0. The zero-order chi connectivity index (χ0) is 24.2. The summed E-state index contributed by atoms with van der Waals surface area (Å²) in [4.78, 5) is 28.0. The van der Waals surface area contributed by atoms with E-state index in [9.17, 15) is 14.0 Å². The van der Waals surface area contributed by atoms with Crippen molar-refractivity contribution < 1.29 is 9.13 Å². The average molecular weight is 474 g/mol. The number of ether oxygens (including phenoxy) is 1. The van der Waals surface area contributed by atoms with Gasteiger partial charge < -0.3 is 4.74 Å². The van der Waals surface area contributed by atoms with Gasteiger partial charge in [-0.25, -0.2) is 9.18 Å². The van der Waals surface area contributed by atoms with E-state index in [2.05, 4.69) is 4.90 Å². The van der Waals surface area contributed by atoms with E-state index in [-0.39, 0.29) is 23.2 Å². The van der Waals surface area contributed by atoms with Crippen LogP contribution in [0.5, 0.6) is 0 Å². The largest absolute Gasteiger partial charge is 0.373 e. The number of halogens is 1. The zero-order valence-electron chi connectivity index (χ0n) is 21.0. The summed E-state index contributed by atoms with van der Waals surface area (Å²) in [6.45, 7) is 5.70. The Morgan fingerprint density at radius 3 is 2.50 bits per heavy atom. The third kappa shape index (κ3) is 5.15. The Bertz CT molecular complexity index is 1040. The van der Waals surface area contributed by atoms with Crippen molar-refractivity contribution in [3.63, 3.8) is 0 Å². The first kappa shape index (κ1) is 25.1. The predicted octanol–water partition coefficient (Wildman–Crippen LogP) is 4.04. The maximum absolute atomic E-state index is 14.1. The van der Waals surface area contributed by atoms with Crippen molar-refractivity contribution in [2.24, 2.45) is 7.05 Å². The fourth-order valence-electron chi connectivity index (χ4n) is 6.22. The molecule has 2 fully saturated rings. The molecule has 0 amide bonds. The fourth-order valence-corrected chi connectivity index (χ4v) is 6.22. The number of fused-ring (bicyclic) bond motifs is 3. The quantitative estimate of drug-likeness (QED) is 0.508. The number of hydrogen-bond donors (Lipinski definition) is 0. The second-order valence-electron chi connectivity index (χ2n) is 10.1. The van der Waals surface area contributed by atoms with Gasteiger partial charge in [0.1, 0.15) is 5.83 Å². The lowest BCUT2D eigenvalue weighted by Crippen LogP contribution is -2.46. The summed E-state index contributed by atoms with van der Waals surface area (Å²) in [7, 11) is 1.60. The number of nitrogens with zero attached hydrogens (tertiary/aromatic N) is 3. The highest BCUT2D eigenvalue weighted by Gasteiger charge is 2.40. The maximum Gasteiger partial charge on any atom is 0.330 e. The fraction of sp³-hybridized carbons (Fsp3) is 0.704. The van der Waals surface area contributed by atoms with Gasteiger partial charge in [-0.15, -0.1) is 0 Å². The topological polar surface area (TPSA) is 56.5 Å². The third-order valence-corrected chi connectivity index (χ3v) is 7.99. The van der Waals surface area contributed by atoms with Crippen LogP contribution >= 0.6 is 0 Å². The molecule has 7 heteroatoms. The van der Waals surface area contributed by atoms with E-state index in [1.165, 1.54) is 17.4 Å². The molecular formula is C27H40FN3O3. The second-order valence-corrected chi connectivity index (χ2v) is 10.1. The summed E-state index contributed by atoms with van der Waals surface area (Å²) in [5.74, 6) is -0.0886. The van der Waals surface area contributed by atoms with Crippen molar-refractivity contribution in [2.45, 2.75) is 103 Å². The molecule has 2 bridgehead atoms. The van der Waals surface area contributed by atoms with Gasteiger partial charge in [0.25, 0.3) is 5.56 Å². The van der Waals surface area contributed by atoms with Crippen LogP contribution in [0.25, 0.3) is 0 Å². The minimum absolute atomic E-state index is 0.0886. The number of rotatable bonds is 9. The third-order valence-electron chi connectivity index (χ3n) is 7.99. The average Bonchev–Trinajstić information content (AvgIpc) is 3.08. The van der Waals surface area contributed by atoms with E-state index in [4.69, 9.17) is 4.74 Å². The molecule has 6 nitrogen and oxygen atoms in total. The summed E-state index contributed by atoms with van der Waals surface area (Å²) in [6.07, 6.45) is 13.2. The molecule has 0 saturated carbocycles. The van der Waals surface area contributed by atoms with Gasteiger partial charge in [-0.1, -0.05) is 19.1 Å². The molecule has 2 atom stereocenters. The van der Waals surface area contributed by atoms with Crippen molar-refractivity contribution in [3.05, 3.63) is 55.6 Å². The highest BCUT2D eigenvalue weighted by atomic mass is 19.1. The number of aromatic nitrogens is 2. The van der Waals surface area contributed by atoms with Crippen LogP contribution in [-0.2, 0) is 31.2 Å². The van der Waals surface area contributed by atoms with E-state index in [0.717, 1.165) is 62.7 Å². The van der Waals surface area contributed by atoms with Crippen LogP contribution < -0.4 is 11.2 Å². The molecule has 188 valence electrons. The van der Waals surface area contributed by atoms with Crippen LogP contribution in [0.4, 0.5) is 4.39 Å². The lowest BCUT2D eigenvalue weighted by molar-refractivity contribution is -0.0113. The molecule has 2 unspecified atom stereocenters. The van der Waals surface area contributed by atoms with E-state index in [1.54, 1.807) is 7.05 Å². The molecule has 0 aromatic carbocycles. The Kier molecular flexibility index (Phi) is 8.25. The summed E-state index contributed by atoms with van der Waals surface area (Å²) in [5.41, 5.74) is 2.19. The Morgan fingerprint density at radius 1 is 1.12 bits per heavy atom. The van der Waals surface area contributed by atoms with Gasteiger partial charge in [0.05, 0.1) is 12.7 Å². The highest BCUT2D eigenvalue weighted by molar-refractivity contribution is 5.22. The first-order chi connectivity index (χ1) is 16.4. The molecule has 1 aromatic heterocycles. The minimum atomic E-state index is -0.176. The van der Waals surface area contributed by atoms with Crippen LogP contribution in [0.3, 0.4) is 0 Å². The first-order valence-corrected chi connectivity index (χ1v) is 13.1. The maximum atomic E-state index is 14.1. The van der Waals surface area contributed by atoms with Gasteiger partial charge in [-0.2, -0.15) is 0 Å². The Labute approximate surface area is 202 Å². The van der Waals surface area contributed by atoms with Gasteiger partial charge in [0.15, 0.2) is 0 Å². The van der Waals surface area contributed by atoms with E-state index < -0.39 is 0 Å². The smallest absolute Gasteiger partial charge is 0.330 e. The lowest BCUT2D eigenvalue weighted by atomic mass is 9.96. The molecule has 0 N–H and O–H groups in total. The van der Waals surface area contributed by atoms with Crippen molar-refractivity contribution in [2.75, 3.05) is 13.2 Å². The first-order valence-electron chi connectivity index (χ1n) is 13.1. The molecule has 3 heterocycles. The van der Waals surface area contributed by atoms with E-state index in [1.807, 2.05) is 30.6 Å². The van der Waals surface area contributed by atoms with Crippen LogP contribution in [0, 0.1) is 0 Å². The molecule has 0 radical (unpaired) electrons. The van der Waals surface area contributed by atoms with Crippen molar-refractivity contribution in [3.8, 4) is 0 Å². The van der Waals surface area contributed by atoms with Crippen LogP contribution in [0.1, 0.15) is 76.5 Å². The van der Waals surface area contributed by atoms with Crippen molar-refractivity contribution in [1.29, 1.82) is 0 Å². The van der Waals surface area contributed by atoms with Crippen molar-refractivity contribution in [1.82, 2.24) is 14.0 Å². The van der Waals surface area contributed by atoms with Gasteiger partial charge in [0.2, 0.25) is 0 Å². The van der Waals surface area contributed by atoms with E-state index in [0.29, 0.717) is 37.2 Å². The second kappa shape index (κ2) is 11.2. The summed E-state index contributed by atoms with van der Waals surface area (Å²) in [6, 6.07) is 0.999. The molecule has 1 aliphatic carbocycles. The molecule has 2 saturated heterocycles. The summed E-state index contributed by atoms with van der Waals surface area (Å²) >= 11 is 0. The lowest BCUT2D eigenvalue weighted by Gasteiger charge is -2.39. The molecule has 2 aliphatic heterocycles. The molecule has 4 rings (SSSR count). The van der Waals surface area contributed by atoms with Crippen LogP contribution in [0.2, 0.25) is 0 Å². The molecule has 1 aromatic rings. The normalized spacial score (nSPS) is 25.6. The SMILES string of the molecule is C/C=C\C(COC1CC2CCC(C1)N2CCCn1c2c(c(=O)n(C)c1=O)CCCC2)=C(\F)CC. The Balaban J connectivity index is 1.35. The molecule has 34 heavy (non-hydrogen) atoms. The standard InChI is InChI=1S/C27H40FN3O3/c1-4-9-19(24(28)5-2)18-34-22-16-20-12-13-21(17-22)30(20)14-8-15-31-25-11-7-6-10-23(25)26(32)29(3)27(31)33/h4,9,20-22H,5-8,10-18H2,1-3H3/b9-4-,24-19-. The number of allylic oxidation sites excluding steroid dienone is 2. The van der Waals surface area contributed by atoms with Crippen molar-refractivity contribution >= 4 is 0 Å². The predicted molar refractivity (Wildman–Crippen MR) is 133 cm³/mol. The Morgan fingerprint density at radius 2 is 1.82 bits per heavy atom. The van der Waals surface area contributed by atoms with Crippen LogP contribution in [-0.4, -0.2) is 45.4 Å². The molecular weight excluding hydrogens is 433 g/mol. The number of hydrogen-bond acceptors (Lipinski definition) is 4. The number of piperidine rings is 1. The van der Waals surface area contributed by atoms with Gasteiger partial charge >= 0.3 is 5.69 Å². The summed E-state index contributed by atoms with van der Waals surface area (Å²) < 4.78 is 23.4. The van der Waals surface area contributed by atoms with E-state index >= 15 is 0 Å². The molecule has 3 aliphatic rings. The van der Waals surface area contributed by atoms with Gasteiger partial charge in [-0.05, 0) is 71.1 Å².